The Morgan fingerprint density at radius 3 is 2.00 bits per heavy atom. The monoisotopic (exact) mass is 348 g/mol. The normalized spacial score (nSPS) is 10.5. The number of amides is 2. The quantitative estimate of drug-likeness (QED) is 0.741. The second kappa shape index (κ2) is 7.19. The lowest BCUT2D eigenvalue weighted by atomic mass is 9.88. The van der Waals surface area contributed by atoms with E-state index < -0.39 is 17.6 Å². The highest BCUT2D eigenvalue weighted by atomic mass is 19.1. The fourth-order valence-electron chi connectivity index (χ4n) is 3.00. The zero-order valence-corrected chi connectivity index (χ0v) is 13.9. The van der Waals surface area contributed by atoms with Gasteiger partial charge in [-0.15, -0.1) is 0 Å². The third-order valence-corrected chi connectivity index (χ3v) is 4.17. The van der Waals surface area contributed by atoms with Gasteiger partial charge in [0.15, 0.2) is 0 Å². The average molecular weight is 348 g/mol. The lowest BCUT2D eigenvalue weighted by molar-refractivity contribution is 0.0999. The van der Waals surface area contributed by atoms with Gasteiger partial charge in [0.05, 0.1) is 0 Å². The molecule has 0 atom stereocenters. The van der Waals surface area contributed by atoms with E-state index in [4.69, 9.17) is 11.5 Å². The minimum atomic E-state index is -0.710. The van der Waals surface area contributed by atoms with Crippen molar-refractivity contribution in [3.05, 3.63) is 94.8 Å². The van der Waals surface area contributed by atoms with Gasteiger partial charge in [-0.2, -0.15) is 0 Å². The van der Waals surface area contributed by atoms with E-state index in [0.29, 0.717) is 12.0 Å². The molecule has 2 amide bonds. The minimum absolute atomic E-state index is 0.126. The summed E-state index contributed by atoms with van der Waals surface area (Å²) in [6, 6.07) is 18.4. The van der Waals surface area contributed by atoms with Crippen LogP contribution in [0.3, 0.4) is 0 Å². The summed E-state index contributed by atoms with van der Waals surface area (Å²) >= 11 is 0. The van der Waals surface area contributed by atoms with Crippen LogP contribution >= 0.6 is 0 Å². The summed E-state index contributed by atoms with van der Waals surface area (Å²) in [5.74, 6) is -1.90. The van der Waals surface area contributed by atoms with Crippen molar-refractivity contribution in [1.29, 1.82) is 0 Å². The van der Waals surface area contributed by atoms with E-state index in [2.05, 4.69) is 0 Å². The molecule has 0 aliphatic rings. The van der Waals surface area contributed by atoms with Crippen molar-refractivity contribution in [2.24, 2.45) is 11.5 Å². The summed E-state index contributed by atoms with van der Waals surface area (Å²) in [7, 11) is 0. The van der Waals surface area contributed by atoms with Crippen LogP contribution in [0.25, 0.3) is 11.1 Å². The molecular weight excluding hydrogens is 331 g/mol. The predicted molar refractivity (Wildman–Crippen MR) is 98.1 cm³/mol. The van der Waals surface area contributed by atoms with E-state index >= 15 is 0 Å². The van der Waals surface area contributed by atoms with Gasteiger partial charge in [-0.25, -0.2) is 4.39 Å². The van der Waals surface area contributed by atoms with E-state index in [1.165, 1.54) is 30.3 Å². The Labute approximate surface area is 150 Å². The number of nitrogens with two attached hydrogens (primary N) is 2. The fraction of sp³-hybridized carbons (Fsp3) is 0.0476. The molecule has 0 fully saturated rings. The largest absolute Gasteiger partial charge is 0.366 e. The first-order valence-corrected chi connectivity index (χ1v) is 8.02. The summed E-state index contributed by atoms with van der Waals surface area (Å²) in [5, 5.41) is 0. The van der Waals surface area contributed by atoms with Crippen molar-refractivity contribution in [2.45, 2.75) is 6.42 Å². The second-order valence-electron chi connectivity index (χ2n) is 5.92. The maximum Gasteiger partial charge on any atom is 0.249 e. The third kappa shape index (κ3) is 3.47. The van der Waals surface area contributed by atoms with E-state index in [-0.39, 0.29) is 16.7 Å². The molecule has 0 aliphatic heterocycles. The summed E-state index contributed by atoms with van der Waals surface area (Å²) in [4.78, 5) is 23.8. The molecule has 130 valence electrons. The molecule has 0 radical (unpaired) electrons. The number of carbonyl (C=O) groups excluding carboxylic acids is 2. The molecular formula is C21H17FN2O2. The number of rotatable bonds is 5. The minimum Gasteiger partial charge on any atom is -0.366 e. The highest BCUT2D eigenvalue weighted by Crippen LogP contribution is 2.32. The number of benzene rings is 3. The van der Waals surface area contributed by atoms with Gasteiger partial charge in [0.2, 0.25) is 11.8 Å². The number of halogens is 1. The Bertz CT molecular complexity index is 952. The summed E-state index contributed by atoms with van der Waals surface area (Å²) < 4.78 is 14.0. The molecule has 0 spiro atoms. The van der Waals surface area contributed by atoms with Crippen molar-refractivity contribution in [2.75, 3.05) is 0 Å². The van der Waals surface area contributed by atoms with Gasteiger partial charge in [0, 0.05) is 16.7 Å². The maximum atomic E-state index is 14.0. The lowest BCUT2D eigenvalue weighted by Gasteiger charge is -2.16. The summed E-state index contributed by atoms with van der Waals surface area (Å²) in [5.41, 5.74) is 13.7. The average Bonchev–Trinajstić information content (AvgIpc) is 2.63. The molecule has 5 heteroatoms. The van der Waals surface area contributed by atoms with Crippen LogP contribution in [0.2, 0.25) is 0 Å². The van der Waals surface area contributed by atoms with Crippen LogP contribution in [0.1, 0.15) is 31.8 Å². The highest BCUT2D eigenvalue weighted by molar-refractivity contribution is 6.08. The topological polar surface area (TPSA) is 86.2 Å². The van der Waals surface area contributed by atoms with Crippen LogP contribution in [-0.4, -0.2) is 11.8 Å². The molecule has 0 saturated heterocycles. The van der Waals surface area contributed by atoms with E-state index in [9.17, 15) is 14.0 Å². The molecule has 0 aliphatic carbocycles. The second-order valence-corrected chi connectivity index (χ2v) is 5.92. The van der Waals surface area contributed by atoms with Crippen molar-refractivity contribution in [3.8, 4) is 11.1 Å². The summed E-state index contributed by atoms with van der Waals surface area (Å²) in [6.45, 7) is 0. The molecule has 0 unspecified atom stereocenters. The first-order chi connectivity index (χ1) is 12.5. The first kappa shape index (κ1) is 17.4. The number of carbonyl (C=O) groups is 2. The van der Waals surface area contributed by atoms with Crippen LogP contribution in [-0.2, 0) is 6.42 Å². The van der Waals surface area contributed by atoms with E-state index in [0.717, 1.165) is 11.1 Å². The summed E-state index contributed by atoms with van der Waals surface area (Å²) in [6.07, 6.45) is 0.502. The molecule has 0 saturated carbocycles. The Hall–Kier alpha value is -3.47. The Balaban J connectivity index is 2.25. The predicted octanol–water partition coefficient (Wildman–Crippen LogP) is 3.28. The molecule has 3 rings (SSSR count). The Morgan fingerprint density at radius 1 is 0.808 bits per heavy atom. The smallest absolute Gasteiger partial charge is 0.249 e. The maximum absolute atomic E-state index is 14.0. The molecule has 0 aromatic heterocycles. The van der Waals surface area contributed by atoms with Gasteiger partial charge in [-0.05, 0) is 47.4 Å². The van der Waals surface area contributed by atoms with Gasteiger partial charge in [-0.3, -0.25) is 9.59 Å². The van der Waals surface area contributed by atoms with Crippen molar-refractivity contribution in [1.82, 2.24) is 0 Å². The zero-order chi connectivity index (χ0) is 18.7. The van der Waals surface area contributed by atoms with E-state index in [1.807, 2.05) is 30.3 Å². The van der Waals surface area contributed by atoms with Crippen LogP contribution in [0, 0.1) is 5.82 Å². The standard InChI is InChI=1S/C21H17FN2O2/c22-15-10-9-14(11-13-5-2-1-3-6-13)18(12-15)19-16(20(23)25)7-4-8-17(19)21(24)26/h1-10,12H,11H2,(H2,23,25)(H2,24,26). The first-order valence-electron chi connectivity index (χ1n) is 8.02. The highest BCUT2D eigenvalue weighted by Gasteiger charge is 2.20. The molecule has 3 aromatic carbocycles. The lowest BCUT2D eigenvalue weighted by Crippen LogP contribution is -2.18. The number of primary amides is 2. The van der Waals surface area contributed by atoms with Gasteiger partial charge in [0.25, 0.3) is 0 Å². The SMILES string of the molecule is NC(=O)c1cccc(C(N)=O)c1-c1cc(F)ccc1Cc1ccccc1. The molecule has 3 aromatic rings. The zero-order valence-electron chi connectivity index (χ0n) is 13.9. The van der Waals surface area contributed by atoms with Crippen molar-refractivity contribution >= 4 is 11.8 Å². The van der Waals surface area contributed by atoms with Crippen molar-refractivity contribution in [3.63, 3.8) is 0 Å². The fourth-order valence-corrected chi connectivity index (χ4v) is 3.00. The van der Waals surface area contributed by atoms with Gasteiger partial charge >= 0.3 is 0 Å². The van der Waals surface area contributed by atoms with E-state index in [1.54, 1.807) is 6.07 Å². The molecule has 0 bridgehead atoms. The third-order valence-electron chi connectivity index (χ3n) is 4.17. The number of hydrogen-bond donors (Lipinski definition) is 2. The molecule has 4 nitrogen and oxygen atoms in total. The van der Waals surface area contributed by atoms with Crippen LogP contribution in [0.15, 0.2) is 66.7 Å². The molecule has 4 N–H and O–H groups in total. The Morgan fingerprint density at radius 2 is 1.42 bits per heavy atom. The number of hydrogen-bond acceptors (Lipinski definition) is 2. The van der Waals surface area contributed by atoms with Gasteiger partial charge in [-0.1, -0.05) is 42.5 Å². The van der Waals surface area contributed by atoms with Crippen molar-refractivity contribution < 1.29 is 14.0 Å². The van der Waals surface area contributed by atoms with Crippen LogP contribution in [0.5, 0.6) is 0 Å². The molecule has 0 heterocycles. The van der Waals surface area contributed by atoms with Gasteiger partial charge < -0.3 is 11.5 Å². The van der Waals surface area contributed by atoms with Crippen LogP contribution in [0.4, 0.5) is 4.39 Å². The van der Waals surface area contributed by atoms with Crippen LogP contribution < -0.4 is 11.5 Å². The Kier molecular flexibility index (Phi) is 4.80. The van der Waals surface area contributed by atoms with Gasteiger partial charge in [0.1, 0.15) is 5.82 Å². The molecule has 26 heavy (non-hydrogen) atoms.